The van der Waals surface area contributed by atoms with Gasteiger partial charge in [0.15, 0.2) is 0 Å². The molecular weight excluding hydrogens is 450 g/mol. The number of imidazole rings is 1. The van der Waals surface area contributed by atoms with E-state index >= 15 is 0 Å². The fraction of sp³-hybridized carbons (Fsp3) is 0.222. The lowest BCUT2D eigenvalue weighted by Gasteiger charge is -2.12. The quantitative estimate of drug-likeness (QED) is 0.254. The minimum atomic E-state index is 0.619. The topological polar surface area (TPSA) is 30.6 Å². The number of aromatic nitrogens is 2. The van der Waals surface area contributed by atoms with E-state index in [1.165, 1.54) is 22.5 Å². The van der Waals surface area contributed by atoms with Gasteiger partial charge in [0.25, 0.3) is 0 Å². The smallest absolute Gasteiger partial charge is 0.124 e. The van der Waals surface area contributed by atoms with Gasteiger partial charge in [-0.2, -0.15) is 0 Å². The minimum Gasteiger partial charge on any atom is -0.497 e. The first-order chi connectivity index (χ1) is 16.1. The Morgan fingerprint density at radius 1 is 1.12 bits per heavy atom. The van der Waals surface area contributed by atoms with Crippen molar-refractivity contribution in [1.82, 2.24) is 14.3 Å². The van der Waals surface area contributed by atoms with Gasteiger partial charge in [0.2, 0.25) is 0 Å². The molecule has 0 spiro atoms. The normalized spacial score (nSPS) is 13.0. The zero-order chi connectivity index (χ0) is 22.9. The van der Waals surface area contributed by atoms with E-state index in [0.717, 1.165) is 58.4 Å². The van der Waals surface area contributed by atoms with Gasteiger partial charge in [-0.1, -0.05) is 54.2 Å². The number of nitrogens with zero attached hydrogens (tertiary/aromatic N) is 2. The zero-order valence-corrected chi connectivity index (χ0v) is 20.2. The largest absolute Gasteiger partial charge is 0.497 e. The van der Waals surface area contributed by atoms with Crippen molar-refractivity contribution in [2.24, 2.45) is 0 Å². The molecule has 0 radical (unpaired) electrons. The summed E-state index contributed by atoms with van der Waals surface area (Å²) in [6, 6.07) is 16.3. The molecule has 1 aliphatic rings. The third-order valence-corrected chi connectivity index (χ3v) is 6.86. The third kappa shape index (κ3) is 3.85. The number of nitrogens with one attached hydrogen (secondary N) is 1. The van der Waals surface area contributed by atoms with Gasteiger partial charge in [-0.05, 0) is 54.7 Å². The molecule has 0 saturated heterocycles. The molecule has 3 heterocycles. The fourth-order valence-electron chi connectivity index (χ4n) is 4.78. The van der Waals surface area contributed by atoms with Crippen LogP contribution < -0.4 is 10.1 Å². The van der Waals surface area contributed by atoms with Crippen LogP contribution in [-0.2, 0) is 13.0 Å². The zero-order valence-electron chi connectivity index (χ0n) is 18.6. The van der Waals surface area contributed by atoms with Gasteiger partial charge >= 0.3 is 0 Å². The van der Waals surface area contributed by atoms with Gasteiger partial charge in [0, 0.05) is 35.4 Å². The molecule has 2 aromatic carbocycles. The molecule has 6 heteroatoms. The van der Waals surface area contributed by atoms with Gasteiger partial charge < -0.3 is 14.6 Å². The number of aryl methyl sites for hydroxylation is 2. The first-order valence-corrected chi connectivity index (χ1v) is 12.0. The maximum Gasteiger partial charge on any atom is 0.124 e. The van der Waals surface area contributed by atoms with E-state index in [0.29, 0.717) is 6.54 Å². The lowest BCUT2D eigenvalue weighted by atomic mass is 9.98. The van der Waals surface area contributed by atoms with Crippen LogP contribution in [0.4, 0.5) is 0 Å². The van der Waals surface area contributed by atoms with Crippen molar-refractivity contribution in [2.75, 3.05) is 13.7 Å². The molecule has 168 valence electrons. The molecule has 0 aliphatic carbocycles. The summed E-state index contributed by atoms with van der Waals surface area (Å²) in [5.41, 5.74) is 8.27. The molecule has 4 aromatic rings. The number of hydrogen-bond donors (Lipinski definition) is 1. The van der Waals surface area contributed by atoms with E-state index < -0.39 is 0 Å². The van der Waals surface area contributed by atoms with Crippen LogP contribution in [0.15, 0.2) is 67.4 Å². The SMILES string of the molecule is C=CCNC(=S)c1c(-c2ccc(OC)cc2)c2c3n(c(-c4ccc(Cl)cc4)cn13)CCCC2. The van der Waals surface area contributed by atoms with Crippen molar-refractivity contribution >= 4 is 34.5 Å². The van der Waals surface area contributed by atoms with Crippen LogP contribution in [0, 0.1) is 0 Å². The summed E-state index contributed by atoms with van der Waals surface area (Å²) in [4.78, 5) is 0.724. The van der Waals surface area contributed by atoms with E-state index in [4.69, 9.17) is 28.6 Å². The number of thiocarbonyl (C=S) groups is 1. The lowest BCUT2D eigenvalue weighted by molar-refractivity contribution is 0.415. The average molecular weight is 476 g/mol. The van der Waals surface area contributed by atoms with E-state index in [1.807, 2.05) is 30.3 Å². The Labute approximate surface area is 204 Å². The summed E-state index contributed by atoms with van der Waals surface area (Å²) in [5.74, 6) is 0.844. The highest BCUT2D eigenvalue weighted by molar-refractivity contribution is 7.80. The molecule has 2 aromatic heterocycles. The Hall–Kier alpha value is -3.02. The van der Waals surface area contributed by atoms with Crippen molar-refractivity contribution in [3.05, 3.63) is 83.7 Å². The highest BCUT2D eigenvalue weighted by atomic mass is 35.5. The highest BCUT2D eigenvalue weighted by Gasteiger charge is 2.28. The molecule has 5 rings (SSSR count). The van der Waals surface area contributed by atoms with Crippen molar-refractivity contribution in [1.29, 1.82) is 0 Å². The Morgan fingerprint density at radius 3 is 2.55 bits per heavy atom. The van der Waals surface area contributed by atoms with Gasteiger partial charge in [0.1, 0.15) is 16.4 Å². The van der Waals surface area contributed by atoms with Gasteiger partial charge in [-0.25, -0.2) is 0 Å². The summed E-state index contributed by atoms with van der Waals surface area (Å²) < 4.78 is 10.1. The number of benzene rings is 2. The standard InChI is InChI=1S/C27H26ClN3OS/c1-3-15-29-26(33)25-24(19-9-13-21(32-2)14-10-19)22-6-4-5-16-30-23(17-31(25)27(22)30)18-7-11-20(28)12-8-18/h3,7-14,17H,1,4-6,15-16H2,2H3,(H,29,33). The van der Waals surface area contributed by atoms with Crippen LogP contribution in [0.25, 0.3) is 28.0 Å². The maximum atomic E-state index is 6.16. The minimum absolute atomic E-state index is 0.619. The summed E-state index contributed by atoms with van der Waals surface area (Å²) in [7, 11) is 1.69. The highest BCUT2D eigenvalue weighted by Crippen LogP contribution is 2.40. The van der Waals surface area contributed by atoms with Crippen LogP contribution >= 0.6 is 23.8 Å². The Morgan fingerprint density at radius 2 is 1.85 bits per heavy atom. The molecule has 0 unspecified atom stereocenters. The molecule has 1 N–H and O–H groups in total. The van der Waals surface area contributed by atoms with Crippen LogP contribution in [0.3, 0.4) is 0 Å². The second-order valence-electron chi connectivity index (χ2n) is 8.25. The molecule has 0 bridgehead atoms. The second kappa shape index (κ2) is 9.08. The molecule has 1 aliphatic heterocycles. The molecular formula is C27H26ClN3OS. The third-order valence-electron chi connectivity index (χ3n) is 6.27. The molecule has 33 heavy (non-hydrogen) atoms. The number of halogens is 1. The maximum absolute atomic E-state index is 6.16. The van der Waals surface area contributed by atoms with Gasteiger partial charge in [0.05, 0.1) is 18.5 Å². The summed E-state index contributed by atoms with van der Waals surface area (Å²) in [6.07, 6.45) is 7.34. The molecule has 4 nitrogen and oxygen atoms in total. The van der Waals surface area contributed by atoms with E-state index in [2.05, 4.69) is 51.3 Å². The van der Waals surface area contributed by atoms with Crippen molar-refractivity contribution in [3.63, 3.8) is 0 Å². The fourth-order valence-corrected chi connectivity index (χ4v) is 5.19. The summed E-state index contributed by atoms with van der Waals surface area (Å²) >= 11 is 12.1. The van der Waals surface area contributed by atoms with Crippen LogP contribution in [0.2, 0.25) is 5.02 Å². The average Bonchev–Trinajstić information content (AvgIpc) is 3.26. The van der Waals surface area contributed by atoms with Crippen LogP contribution in [-0.4, -0.2) is 27.6 Å². The lowest BCUT2D eigenvalue weighted by Crippen LogP contribution is -2.24. The van der Waals surface area contributed by atoms with Crippen LogP contribution in [0.5, 0.6) is 5.75 Å². The van der Waals surface area contributed by atoms with E-state index in [-0.39, 0.29) is 0 Å². The monoisotopic (exact) mass is 475 g/mol. The Bertz CT molecular complexity index is 1330. The predicted molar refractivity (Wildman–Crippen MR) is 141 cm³/mol. The molecule has 0 fully saturated rings. The number of hydrogen-bond acceptors (Lipinski definition) is 2. The second-order valence-corrected chi connectivity index (χ2v) is 9.10. The van der Waals surface area contributed by atoms with Crippen molar-refractivity contribution < 1.29 is 4.74 Å². The number of methoxy groups -OCH3 is 1. The first kappa shape index (κ1) is 21.8. The van der Waals surface area contributed by atoms with E-state index in [1.54, 1.807) is 7.11 Å². The molecule has 0 amide bonds. The Kier molecular flexibility index (Phi) is 6.00. The van der Waals surface area contributed by atoms with Crippen molar-refractivity contribution in [2.45, 2.75) is 25.8 Å². The van der Waals surface area contributed by atoms with E-state index in [9.17, 15) is 0 Å². The summed E-state index contributed by atoms with van der Waals surface area (Å²) in [5, 5.41) is 4.11. The Balaban J connectivity index is 1.79. The van der Waals surface area contributed by atoms with Crippen molar-refractivity contribution in [3.8, 4) is 28.1 Å². The first-order valence-electron chi connectivity index (χ1n) is 11.2. The molecule has 0 atom stereocenters. The van der Waals surface area contributed by atoms with Crippen LogP contribution in [0.1, 0.15) is 24.1 Å². The number of ether oxygens (including phenoxy) is 1. The van der Waals surface area contributed by atoms with Gasteiger partial charge in [-0.3, -0.25) is 4.40 Å². The summed E-state index contributed by atoms with van der Waals surface area (Å²) in [6.45, 7) is 5.43. The number of rotatable bonds is 6. The predicted octanol–water partition coefficient (Wildman–Crippen LogP) is 6.52. The molecule has 0 saturated carbocycles. The van der Waals surface area contributed by atoms with Gasteiger partial charge in [-0.15, -0.1) is 6.58 Å².